The largest absolute Gasteiger partial charge is 0.464 e. The molecule has 194 valence electrons. The fourth-order valence-electron chi connectivity index (χ4n) is 11.7. The summed E-state index contributed by atoms with van der Waals surface area (Å²) in [6, 6.07) is 0. The van der Waals surface area contributed by atoms with Gasteiger partial charge >= 0.3 is 5.97 Å². The van der Waals surface area contributed by atoms with Gasteiger partial charge in [0.1, 0.15) is 18.3 Å². The summed E-state index contributed by atoms with van der Waals surface area (Å²) in [6.45, 7) is 11.2. The Kier molecular flexibility index (Phi) is 4.33. The number of carbonyl (C=O) groups is 1. The third-order valence-corrected chi connectivity index (χ3v) is 13.8. The first-order chi connectivity index (χ1) is 16.4. The van der Waals surface area contributed by atoms with Gasteiger partial charge in [-0.25, -0.2) is 0 Å². The molecule has 6 heteroatoms. The number of hydrogen-bond acceptors (Lipinski definition) is 6. The van der Waals surface area contributed by atoms with Crippen molar-refractivity contribution < 1.29 is 29.6 Å². The Bertz CT molecular complexity index is 1010. The van der Waals surface area contributed by atoms with Gasteiger partial charge in [-0.05, 0) is 80.5 Å². The Morgan fingerprint density at radius 3 is 2.57 bits per heavy atom. The van der Waals surface area contributed by atoms with Crippen LogP contribution in [0.5, 0.6) is 0 Å². The van der Waals surface area contributed by atoms with Gasteiger partial charge < -0.3 is 24.8 Å². The lowest BCUT2D eigenvalue weighted by atomic mass is 9.30. The van der Waals surface area contributed by atoms with E-state index in [0.717, 1.165) is 37.7 Å². The Morgan fingerprint density at radius 1 is 1.06 bits per heavy atom. The van der Waals surface area contributed by atoms with Crippen molar-refractivity contribution >= 4 is 5.97 Å². The average Bonchev–Trinajstić information content (AvgIpc) is 3.61. The molecule has 12 atom stereocenters. The maximum Gasteiger partial charge on any atom is 0.312 e. The summed E-state index contributed by atoms with van der Waals surface area (Å²) in [5.74, 6) is -0.266. The van der Waals surface area contributed by atoms with E-state index in [-0.39, 0.29) is 60.0 Å². The summed E-state index contributed by atoms with van der Waals surface area (Å²) >= 11 is 0. The van der Waals surface area contributed by atoms with Crippen LogP contribution >= 0.6 is 0 Å². The molecule has 9 rings (SSSR count). The molecule has 0 amide bonds. The van der Waals surface area contributed by atoms with E-state index in [4.69, 9.17) is 9.47 Å². The fraction of sp³-hybridized carbons (Fsp3) is 0.897. The molecule has 4 aliphatic heterocycles. The molecule has 3 N–H and O–H groups in total. The van der Waals surface area contributed by atoms with Crippen LogP contribution in [0.4, 0.5) is 0 Å². The molecule has 4 heterocycles. The summed E-state index contributed by atoms with van der Waals surface area (Å²) in [7, 11) is 0. The predicted octanol–water partition coefficient (Wildman–Crippen LogP) is 3.37. The number of fused-ring (bicyclic) bond motifs is 1. The third kappa shape index (κ3) is 2.25. The molecule has 9 fully saturated rings. The third-order valence-electron chi connectivity index (χ3n) is 13.8. The van der Waals surface area contributed by atoms with E-state index in [1.807, 2.05) is 0 Å². The van der Waals surface area contributed by atoms with Crippen LogP contribution in [0.15, 0.2) is 12.2 Å². The minimum absolute atomic E-state index is 0.0339. The first-order valence-electron chi connectivity index (χ1n) is 14.0. The second-order valence-corrected chi connectivity index (χ2v) is 14.4. The molecule has 6 nitrogen and oxygen atoms in total. The topological polar surface area (TPSA) is 99.5 Å². The second kappa shape index (κ2) is 6.54. The number of aliphatic hydroxyl groups is 3. The normalized spacial score (nSPS) is 62.5. The Balaban J connectivity index is 1.50. The van der Waals surface area contributed by atoms with Crippen molar-refractivity contribution in [3.8, 4) is 0 Å². The Labute approximate surface area is 208 Å². The number of rotatable bonds is 1. The monoisotopic (exact) mass is 486 g/mol. The Morgan fingerprint density at radius 2 is 1.83 bits per heavy atom. The van der Waals surface area contributed by atoms with Crippen LogP contribution in [0.1, 0.15) is 78.6 Å². The van der Waals surface area contributed by atoms with E-state index in [2.05, 4.69) is 27.4 Å². The van der Waals surface area contributed by atoms with Crippen LogP contribution in [-0.4, -0.2) is 58.4 Å². The highest BCUT2D eigenvalue weighted by Crippen LogP contribution is 2.81. The van der Waals surface area contributed by atoms with E-state index in [1.165, 1.54) is 0 Å². The van der Waals surface area contributed by atoms with E-state index >= 15 is 0 Å². The van der Waals surface area contributed by atoms with Crippen molar-refractivity contribution in [2.75, 3.05) is 13.2 Å². The van der Waals surface area contributed by atoms with Gasteiger partial charge in [-0.2, -0.15) is 0 Å². The molecule has 0 aromatic rings. The summed E-state index contributed by atoms with van der Waals surface area (Å²) in [6.07, 6.45) is 5.73. The summed E-state index contributed by atoms with van der Waals surface area (Å²) in [4.78, 5) is 14.1. The lowest BCUT2D eigenvalue weighted by Gasteiger charge is -2.74. The van der Waals surface area contributed by atoms with Crippen molar-refractivity contribution in [2.45, 2.75) is 102 Å². The highest BCUT2D eigenvalue weighted by atomic mass is 16.6. The lowest BCUT2D eigenvalue weighted by Crippen LogP contribution is -2.78. The van der Waals surface area contributed by atoms with E-state index in [0.29, 0.717) is 25.7 Å². The van der Waals surface area contributed by atoms with E-state index in [9.17, 15) is 20.1 Å². The standard InChI is InChI=1S/C29H42O6/c1-16-5-10-27-12-11-26(4)25(3)9-6-17-24(2,8-7-19(31)28(17,14-30)15-34-23(27)32)21(25)20-22(35-20)29(26,33)18(27)13-16/h17-22,30-31,33H,1,5-15H2,2-4H3/t17-,18-,19+,20+,21-,22+,24+,25-,26+,27+,28-,29-/m1/s1. The van der Waals surface area contributed by atoms with E-state index in [1.54, 1.807) is 0 Å². The van der Waals surface area contributed by atoms with Crippen molar-refractivity contribution in [3.05, 3.63) is 12.2 Å². The molecule has 4 saturated heterocycles. The molecule has 0 aromatic carbocycles. The minimum Gasteiger partial charge on any atom is -0.464 e. The number of epoxide rings is 1. The first-order valence-corrected chi connectivity index (χ1v) is 14.0. The molecule has 8 bridgehead atoms. The number of ether oxygens (including phenoxy) is 2. The van der Waals surface area contributed by atoms with Crippen LogP contribution < -0.4 is 0 Å². The zero-order chi connectivity index (χ0) is 24.8. The van der Waals surface area contributed by atoms with Crippen molar-refractivity contribution in [2.24, 2.45) is 44.8 Å². The van der Waals surface area contributed by atoms with Gasteiger partial charge in [-0.15, -0.1) is 0 Å². The predicted molar refractivity (Wildman–Crippen MR) is 128 cm³/mol. The Hall–Kier alpha value is -0.950. The SMILES string of the molecule is C=C1CC[C@]23CC[C@]4(C)[C@@](O)([C@@H]2C1)[C@H]1O[C@H]1[C@@H]1[C@@]2(C)CC[C@H](O)[C@](CO)(COC3=O)[C@@H]2CC[C@]14C. The smallest absolute Gasteiger partial charge is 0.312 e. The van der Waals surface area contributed by atoms with Gasteiger partial charge in [-0.1, -0.05) is 32.9 Å². The molecule has 35 heavy (non-hydrogen) atoms. The van der Waals surface area contributed by atoms with Crippen LogP contribution in [-0.2, 0) is 14.3 Å². The highest BCUT2D eigenvalue weighted by molar-refractivity contribution is 5.78. The highest BCUT2D eigenvalue weighted by Gasteiger charge is 2.85. The van der Waals surface area contributed by atoms with Gasteiger partial charge in [0.15, 0.2) is 0 Å². The molecule has 9 aliphatic rings. The first kappa shape index (κ1) is 23.2. The summed E-state index contributed by atoms with van der Waals surface area (Å²) in [5.41, 5.74) is -2.37. The number of allylic oxidation sites excluding steroid dienone is 1. The van der Waals surface area contributed by atoms with E-state index < -0.39 is 27.9 Å². The van der Waals surface area contributed by atoms with Crippen LogP contribution in [0.2, 0.25) is 0 Å². The maximum absolute atomic E-state index is 14.1. The second-order valence-electron chi connectivity index (χ2n) is 14.4. The van der Waals surface area contributed by atoms with Gasteiger partial charge in [0.25, 0.3) is 0 Å². The number of aliphatic hydroxyl groups excluding tert-OH is 2. The van der Waals surface area contributed by atoms with Gasteiger partial charge in [0, 0.05) is 11.3 Å². The molecule has 5 aliphatic carbocycles. The van der Waals surface area contributed by atoms with Crippen LogP contribution in [0.3, 0.4) is 0 Å². The fourth-order valence-corrected chi connectivity index (χ4v) is 11.7. The van der Waals surface area contributed by atoms with Crippen LogP contribution in [0.25, 0.3) is 0 Å². The van der Waals surface area contributed by atoms with Gasteiger partial charge in [0.05, 0.1) is 29.6 Å². The molecule has 0 unspecified atom stereocenters. The summed E-state index contributed by atoms with van der Waals surface area (Å²) < 4.78 is 12.8. The molecule has 5 saturated carbocycles. The van der Waals surface area contributed by atoms with Gasteiger partial charge in [-0.3, -0.25) is 4.79 Å². The minimum atomic E-state index is -1.10. The van der Waals surface area contributed by atoms with Crippen molar-refractivity contribution in [3.63, 3.8) is 0 Å². The number of esters is 1. The molecule has 0 radical (unpaired) electrons. The van der Waals surface area contributed by atoms with Crippen LogP contribution in [0, 0.1) is 44.8 Å². The van der Waals surface area contributed by atoms with Crippen molar-refractivity contribution in [1.82, 2.24) is 0 Å². The molecular weight excluding hydrogens is 444 g/mol. The molecule has 0 aromatic heterocycles. The number of carbonyl (C=O) groups excluding carboxylic acids is 1. The lowest BCUT2D eigenvalue weighted by molar-refractivity contribution is -0.309. The van der Waals surface area contributed by atoms with Gasteiger partial charge in [0.2, 0.25) is 0 Å². The molecular formula is C29H42O6. The quantitative estimate of drug-likeness (QED) is 0.299. The molecule has 1 spiro atoms. The summed E-state index contributed by atoms with van der Waals surface area (Å²) in [5, 5.41) is 35.2. The zero-order valence-electron chi connectivity index (χ0n) is 21.5. The zero-order valence-corrected chi connectivity index (χ0v) is 21.5. The number of hydrogen-bond donors (Lipinski definition) is 3. The maximum atomic E-state index is 14.1. The average molecular weight is 487 g/mol. The van der Waals surface area contributed by atoms with Crippen molar-refractivity contribution in [1.29, 1.82) is 0 Å².